The molecule has 0 aliphatic heterocycles. The van der Waals surface area contributed by atoms with Gasteiger partial charge in [-0.05, 0) is 24.6 Å². The third-order valence-corrected chi connectivity index (χ3v) is 3.10. The Hall–Kier alpha value is 0.190. The Morgan fingerprint density at radius 1 is 0.800 bits per heavy atom. The van der Waals surface area contributed by atoms with E-state index in [1.165, 1.54) is 0 Å². The van der Waals surface area contributed by atoms with E-state index in [1.807, 2.05) is 13.8 Å². The molecule has 4 nitrogen and oxygen atoms in total. The maximum atomic E-state index is 9.48. The van der Waals surface area contributed by atoms with Crippen LogP contribution in [-0.2, 0) is 0 Å². The highest BCUT2D eigenvalue weighted by molar-refractivity contribution is 8.01. The zero-order valence-electron chi connectivity index (χ0n) is 9.44. The van der Waals surface area contributed by atoms with E-state index in [1.54, 1.807) is 0 Å². The van der Waals surface area contributed by atoms with Gasteiger partial charge in [-0.2, -0.15) is 0 Å². The van der Waals surface area contributed by atoms with Crippen molar-refractivity contribution in [2.24, 2.45) is 0 Å². The predicted octanol–water partition coefficient (Wildman–Crippen LogP) is 1.38. The van der Waals surface area contributed by atoms with Gasteiger partial charge in [0, 0.05) is 12.8 Å². The lowest BCUT2D eigenvalue weighted by Gasteiger charge is -2.29. The first-order valence-electron chi connectivity index (χ1n) is 5.42. The molecule has 0 unspecified atom stereocenters. The van der Waals surface area contributed by atoms with Crippen LogP contribution in [0, 0.1) is 0 Å². The summed E-state index contributed by atoms with van der Waals surface area (Å²) in [6, 6.07) is 0. The Labute approximate surface area is 95.3 Å². The molecular formula is C10H22O4S. The fourth-order valence-corrected chi connectivity index (χ4v) is 2.19. The van der Waals surface area contributed by atoms with E-state index in [0.29, 0.717) is 24.6 Å². The molecule has 0 saturated carbocycles. The minimum absolute atomic E-state index is 0.142. The lowest BCUT2D eigenvalue weighted by atomic mass is 10.2. The quantitative estimate of drug-likeness (QED) is 0.480. The summed E-state index contributed by atoms with van der Waals surface area (Å²) in [5, 5.41) is 33.8. The topological polar surface area (TPSA) is 80.9 Å². The van der Waals surface area contributed by atoms with Crippen LogP contribution in [0.3, 0.4) is 0 Å². The number of thioether (sulfide) groups is 1. The average molecular weight is 238 g/mol. The standard InChI is InChI=1S/C10H22O4S/c1-3-5-7-9(11,12)15-10(13,14)8-6-4-2/h11-14H,3-8H2,1-2H3. The summed E-state index contributed by atoms with van der Waals surface area (Å²) in [5.74, 6) is 0. The van der Waals surface area contributed by atoms with Crippen LogP contribution in [0.15, 0.2) is 0 Å². The second kappa shape index (κ2) is 6.70. The molecule has 0 bridgehead atoms. The fraction of sp³-hybridized carbons (Fsp3) is 1.00. The van der Waals surface area contributed by atoms with Crippen LogP contribution in [0.4, 0.5) is 0 Å². The Balaban J connectivity index is 4.04. The summed E-state index contributed by atoms with van der Waals surface area (Å²) < 4.78 is 0. The summed E-state index contributed by atoms with van der Waals surface area (Å²) in [4.78, 5) is 0. The Morgan fingerprint density at radius 3 is 1.40 bits per heavy atom. The summed E-state index contributed by atoms with van der Waals surface area (Å²) in [7, 11) is 0. The van der Waals surface area contributed by atoms with Gasteiger partial charge in [0.05, 0.1) is 0 Å². The molecule has 0 spiro atoms. The van der Waals surface area contributed by atoms with Crippen LogP contribution in [0.25, 0.3) is 0 Å². The lowest BCUT2D eigenvalue weighted by Crippen LogP contribution is -2.34. The summed E-state index contributed by atoms with van der Waals surface area (Å²) in [5.41, 5.74) is 0. The first kappa shape index (κ1) is 15.2. The number of rotatable bonds is 8. The van der Waals surface area contributed by atoms with E-state index in [2.05, 4.69) is 0 Å². The van der Waals surface area contributed by atoms with Gasteiger partial charge in [-0.25, -0.2) is 0 Å². The van der Waals surface area contributed by atoms with Gasteiger partial charge in [0.15, 0.2) is 0 Å². The molecule has 0 aliphatic rings. The van der Waals surface area contributed by atoms with Crippen molar-refractivity contribution in [1.29, 1.82) is 0 Å². The van der Waals surface area contributed by atoms with Crippen LogP contribution in [-0.4, -0.2) is 30.7 Å². The second-order valence-electron chi connectivity index (χ2n) is 3.80. The highest BCUT2D eigenvalue weighted by Crippen LogP contribution is 2.36. The van der Waals surface area contributed by atoms with Crippen LogP contribution >= 0.6 is 11.8 Å². The maximum Gasteiger partial charge on any atom is 0.218 e. The second-order valence-corrected chi connectivity index (χ2v) is 5.31. The van der Waals surface area contributed by atoms with Gasteiger partial charge in [0.1, 0.15) is 0 Å². The summed E-state index contributed by atoms with van der Waals surface area (Å²) in [6.45, 7) is 3.87. The van der Waals surface area contributed by atoms with E-state index in [4.69, 9.17) is 0 Å². The molecule has 0 rings (SSSR count). The van der Waals surface area contributed by atoms with E-state index in [9.17, 15) is 20.4 Å². The first-order chi connectivity index (χ1) is 6.83. The highest BCUT2D eigenvalue weighted by atomic mass is 32.2. The molecule has 0 saturated heterocycles. The zero-order valence-corrected chi connectivity index (χ0v) is 10.3. The van der Waals surface area contributed by atoms with Gasteiger partial charge in [-0.15, -0.1) is 0 Å². The molecule has 0 aromatic carbocycles. The normalized spacial score (nSPS) is 13.2. The third kappa shape index (κ3) is 8.04. The van der Waals surface area contributed by atoms with E-state index in [0.717, 1.165) is 12.8 Å². The van der Waals surface area contributed by atoms with Crippen molar-refractivity contribution in [3.8, 4) is 0 Å². The molecule has 5 heteroatoms. The highest BCUT2D eigenvalue weighted by Gasteiger charge is 2.36. The average Bonchev–Trinajstić information content (AvgIpc) is 2.10. The Bertz CT molecular complexity index is 153. The number of hydrogen-bond donors (Lipinski definition) is 4. The van der Waals surface area contributed by atoms with E-state index in [-0.39, 0.29) is 12.8 Å². The molecule has 4 N–H and O–H groups in total. The number of hydrogen-bond acceptors (Lipinski definition) is 5. The van der Waals surface area contributed by atoms with Crippen molar-refractivity contribution in [3.05, 3.63) is 0 Å². The van der Waals surface area contributed by atoms with Gasteiger partial charge >= 0.3 is 0 Å². The van der Waals surface area contributed by atoms with Gasteiger partial charge in [-0.1, -0.05) is 26.7 Å². The molecule has 0 aromatic rings. The molecule has 15 heavy (non-hydrogen) atoms. The maximum absolute atomic E-state index is 9.48. The lowest BCUT2D eigenvalue weighted by molar-refractivity contribution is -0.115. The molecule has 0 aromatic heterocycles. The van der Waals surface area contributed by atoms with Crippen molar-refractivity contribution >= 4 is 11.8 Å². The number of unbranched alkanes of at least 4 members (excludes halogenated alkanes) is 2. The van der Waals surface area contributed by atoms with Crippen LogP contribution < -0.4 is 0 Å². The first-order valence-corrected chi connectivity index (χ1v) is 6.24. The van der Waals surface area contributed by atoms with E-state index < -0.39 is 10.2 Å². The van der Waals surface area contributed by atoms with Gasteiger partial charge in [0.2, 0.25) is 10.2 Å². The Morgan fingerprint density at radius 2 is 1.13 bits per heavy atom. The van der Waals surface area contributed by atoms with Crippen LogP contribution in [0.5, 0.6) is 0 Å². The minimum Gasteiger partial charge on any atom is -0.357 e. The molecule has 92 valence electrons. The molecule has 0 atom stereocenters. The molecule has 0 amide bonds. The SMILES string of the molecule is CCCCC(O)(O)SC(O)(O)CCCC. The zero-order chi connectivity index (χ0) is 11.9. The smallest absolute Gasteiger partial charge is 0.218 e. The minimum atomic E-state index is -2.05. The van der Waals surface area contributed by atoms with Gasteiger partial charge in [0.25, 0.3) is 0 Å². The third-order valence-electron chi connectivity index (χ3n) is 2.04. The Kier molecular flexibility index (Phi) is 6.79. The summed E-state index contributed by atoms with van der Waals surface area (Å²) in [6.07, 6.45) is 3.24. The molecule has 0 aliphatic carbocycles. The van der Waals surface area contributed by atoms with Crippen molar-refractivity contribution in [2.75, 3.05) is 0 Å². The largest absolute Gasteiger partial charge is 0.357 e. The predicted molar refractivity (Wildman–Crippen MR) is 61.0 cm³/mol. The van der Waals surface area contributed by atoms with Crippen molar-refractivity contribution in [2.45, 2.75) is 62.6 Å². The molecule has 0 radical (unpaired) electrons. The molecular weight excluding hydrogens is 216 g/mol. The van der Waals surface area contributed by atoms with Crippen molar-refractivity contribution in [3.63, 3.8) is 0 Å². The van der Waals surface area contributed by atoms with Gasteiger partial charge < -0.3 is 20.4 Å². The van der Waals surface area contributed by atoms with Gasteiger partial charge in [-0.3, -0.25) is 0 Å². The van der Waals surface area contributed by atoms with Crippen LogP contribution in [0.1, 0.15) is 52.4 Å². The number of aliphatic hydroxyl groups is 4. The van der Waals surface area contributed by atoms with E-state index >= 15 is 0 Å². The molecule has 0 fully saturated rings. The summed E-state index contributed by atoms with van der Waals surface area (Å²) >= 11 is 0.406. The molecule has 0 heterocycles. The van der Waals surface area contributed by atoms with Crippen LogP contribution in [0.2, 0.25) is 0 Å². The monoisotopic (exact) mass is 238 g/mol. The fourth-order valence-electron chi connectivity index (χ4n) is 1.18. The van der Waals surface area contributed by atoms with Crippen molar-refractivity contribution < 1.29 is 20.4 Å². The van der Waals surface area contributed by atoms with Crippen molar-refractivity contribution in [1.82, 2.24) is 0 Å².